The van der Waals surface area contributed by atoms with Crippen LogP contribution in [0, 0.1) is 0 Å². The first-order valence-corrected chi connectivity index (χ1v) is 13.6. The monoisotopic (exact) mass is 570 g/mol. The van der Waals surface area contributed by atoms with Crippen molar-refractivity contribution in [3.05, 3.63) is 84.1 Å². The minimum atomic E-state index is -0.0381. The highest BCUT2D eigenvalue weighted by Crippen LogP contribution is 2.29. The maximum absolute atomic E-state index is 13.2. The molecule has 3 aromatic carbocycles. The van der Waals surface area contributed by atoms with Crippen LogP contribution in [0.2, 0.25) is 0 Å². The first-order valence-electron chi connectivity index (χ1n) is 13.6. The van der Waals surface area contributed by atoms with Crippen LogP contribution in [0.25, 0.3) is 0 Å². The van der Waals surface area contributed by atoms with Crippen molar-refractivity contribution in [3.63, 3.8) is 0 Å². The number of anilines is 3. The van der Waals surface area contributed by atoms with Crippen molar-refractivity contribution in [3.8, 4) is 28.9 Å². The number of morpholine rings is 1. The molecule has 0 amide bonds. The summed E-state index contributed by atoms with van der Waals surface area (Å²) in [5, 5.41) is 3.25. The van der Waals surface area contributed by atoms with Gasteiger partial charge in [-0.25, -0.2) is 4.98 Å². The SMILES string of the molecule is COc1cc(CC(=O)Cc2cnc(Nc3ccc(N4CCOCC4)cc3)nc2Oc2cccc(OC)c2)cc(OC)c1. The maximum atomic E-state index is 13.2. The molecule has 5 rings (SSSR count). The van der Waals surface area contributed by atoms with Gasteiger partial charge in [0.25, 0.3) is 0 Å². The molecule has 0 unspecified atom stereocenters. The number of hydrogen-bond donors (Lipinski definition) is 1. The summed E-state index contributed by atoms with van der Waals surface area (Å²) in [6, 6.07) is 20.7. The zero-order chi connectivity index (χ0) is 29.3. The lowest BCUT2D eigenvalue weighted by molar-refractivity contribution is -0.117. The van der Waals surface area contributed by atoms with Gasteiger partial charge in [-0.05, 0) is 54.1 Å². The number of carbonyl (C=O) groups is 1. The van der Waals surface area contributed by atoms with E-state index < -0.39 is 0 Å². The largest absolute Gasteiger partial charge is 0.497 e. The third-order valence-corrected chi connectivity index (χ3v) is 6.78. The Labute approximate surface area is 245 Å². The summed E-state index contributed by atoms with van der Waals surface area (Å²) in [6.45, 7) is 3.19. The highest BCUT2D eigenvalue weighted by molar-refractivity contribution is 5.83. The number of ketones is 1. The molecule has 218 valence electrons. The first-order chi connectivity index (χ1) is 20.5. The van der Waals surface area contributed by atoms with E-state index in [1.54, 1.807) is 45.7 Å². The molecule has 10 nitrogen and oxygen atoms in total. The first kappa shape index (κ1) is 28.7. The molecule has 0 radical (unpaired) electrons. The predicted molar refractivity (Wildman–Crippen MR) is 160 cm³/mol. The van der Waals surface area contributed by atoms with E-state index >= 15 is 0 Å². The minimum absolute atomic E-state index is 0.0381. The van der Waals surface area contributed by atoms with Gasteiger partial charge < -0.3 is 33.9 Å². The molecule has 1 N–H and O–H groups in total. The smallest absolute Gasteiger partial charge is 0.230 e. The molecule has 0 aliphatic carbocycles. The molecule has 1 fully saturated rings. The Hall–Kier alpha value is -4.83. The average Bonchev–Trinajstić information content (AvgIpc) is 3.03. The maximum Gasteiger partial charge on any atom is 0.230 e. The summed E-state index contributed by atoms with van der Waals surface area (Å²) in [4.78, 5) is 24.6. The van der Waals surface area contributed by atoms with Crippen LogP contribution in [0.15, 0.2) is 72.9 Å². The summed E-state index contributed by atoms with van der Waals surface area (Å²) < 4.78 is 27.7. The lowest BCUT2D eigenvalue weighted by Gasteiger charge is -2.28. The van der Waals surface area contributed by atoms with E-state index in [4.69, 9.17) is 23.7 Å². The second-order valence-electron chi connectivity index (χ2n) is 9.69. The lowest BCUT2D eigenvalue weighted by Crippen LogP contribution is -2.36. The van der Waals surface area contributed by atoms with Crippen molar-refractivity contribution in [1.29, 1.82) is 0 Å². The van der Waals surface area contributed by atoms with Crippen molar-refractivity contribution in [2.75, 3.05) is 57.8 Å². The second kappa shape index (κ2) is 13.7. The molecule has 42 heavy (non-hydrogen) atoms. The van der Waals surface area contributed by atoms with Gasteiger partial charge in [-0.15, -0.1) is 0 Å². The van der Waals surface area contributed by atoms with E-state index in [9.17, 15) is 4.79 Å². The Morgan fingerprint density at radius 1 is 0.857 bits per heavy atom. The van der Waals surface area contributed by atoms with Crippen molar-refractivity contribution >= 4 is 23.1 Å². The fourth-order valence-corrected chi connectivity index (χ4v) is 4.61. The molecular formula is C32H34N4O6. The molecule has 0 atom stereocenters. The Morgan fingerprint density at radius 2 is 1.52 bits per heavy atom. The summed E-state index contributed by atoms with van der Waals surface area (Å²) >= 11 is 0. The van der Waals surface area contributed by atoms with E-state index in [1.165, 1.54) is 0 Å². The van der Waals surface area contributed by atoms with E-state index in [1.807, 2.05) is 36.4 Å². The number of carbonyl (C=O) groups excluding carboxylic acids is 1. The van der Waals surface area contributed by atoms with E-state index in [-0.39, 0.29) is 24.5 Å². The van der Waals surface area contributed by atoms with Crippen molar-refractivity contribution in [2.45, 2.75) is 12.8 Å². The molecule has 2 heterocycles. The highest BCUT2D eigenvalue weighted by atomic mass is 16.5. The van der Waals surface area contributed by atoms with Crippen LogP contribution in [0.1, 0.15) is 11.1 Å². The van der Waals surface area contributed by atoms with Gasteiger partial charge in [0.1, 0.15) is 28.8 Å². The standard InChI is InChI=1S/C32H34N4O6/c1-38-27-5-4-6-28(19-27)42-31-23(18-26(37)15-22-16-29(39-2)20-30(17-22)40-3)21-33-32(35-31)34-24-7-9-25(10-8-24)36-11-13-41-14-12-36/h4-10,16-17,19-21H,11-15,18H2,1-3H3,(H,33,34,35). The molecule has 0 saturated carbocycles. The van der Waals surface area contributed by atoms with Crippen molar-refractivity contribution in [1.82, 2.24) is 9.97 Å². The Kier molecular flexibility index (Phi) is 9.35. The average molecular weight is 571 g/mol. The zero-order valence-electron chi connectivity index (χ0n) is 24.0. The molecule has 10 heteroatoms. The van der Waals surface area contributed by atoms with E-state index in [0.717, 1.165) is 43.2 Å². The summed E-state index contributed by atoms with van der Waals surface area (Å²) in [5.41, 5.74) is 3.31. The van der Waals surface area contributed by atoms with Crippen LogP contribution in [-0.4, -0.2) is 63.4 Å². The number of nitrogens with zero attached hydrogens (tertiary/aromatic N) is 3. The number of ether oxygens (including phenoxy) is 5. The molecule has 1 saturated heterocycles. The summed E-state index contributed by atoms with van der Waals surface area (Å²) in [5.74, 6) is 3.00. The number of Topliss-reactive ketones (excluding diaryl/α,β-unsaturated/α-hetero) is 1. The molecule has 0 bridgehead atoms. The van der Waals surface area contributed by atoms with Gasteiger partial charge in [-0.2, -0.15) is 4.98 Å². The molecule has 1 aliphatic rings. The molecular weight excluding hydrogens is 536 g/mol. The third-order valence-electron chi connectivity index (χ3n) is 6.78. The van der Waals surface area contributed by atoms with Gasteiger partial charge in [-0.1, -0.05) is 6.07 Å². The van der Waals surface area contributed by atoms with Crippen LogP contribution in [0.3, 0.4) is 0 Å². The fourth-order valence-electron chi connectivity index (χ4n) is 4.61. The number of methoxy groups -OCH3 is 3. The van der Waals surface area contributed by atoms with Gasteiger partial charge >= 0.3 is 0 Å². The normalized spacial score (nSPS) is 12.9. The predicted octanol–water partition coefficient (Wildman–Crippen LogP) is 5.23. The number of benzene rings is 3. The fraction of sp³-hybridized carbons (Fsp3) is 0.281. The molecule has 1 aliphatic heterocycles. The lowest BCUT2D eigenvalue weighted by atomic mass is 10.0. The Balaban J connectivity index is 1.36. The third kappa shape index (κ3) is 7.46. The van der Waals surface area contributed by atoms with Crippen LogP contribution < -0.4 is 29.2 Å². The molecule has 0 spiro atoms. The Bertz CT molecular complexity index is 1480. The minimum Gasteiger partial charge on any atom is -0.497 e. The van der Waals surface area contributed by atoms with E-state index in [0.29, 0.717) is 34.5 Å². The highest BCUT2D eigenvalue weighted by Gasteiger charge is 2.17. The summed E-state index contributed by atoms with van der Waals surface area (Å²) in [6.07, 6.45) is 1.88. The second-order valence-corrected chi connectivity index (χ2v) is 9.69. The quantitative estimate of drug-likeness (QED) is 0.244. The van der Waals surface area contributed by atoms with Crippen LogP contribution in [-0.2, 0) is 22.4 Å². The van der Waals surface area contributed by atoms with Gasteiger partial charge in [0.2, 0.25) is 11.8 Å². The van der Waals surface area contributed by atoms with E-state index in [2.05, 4.69) is 32.3 Å². The molecule has 4 aromatic rings. The van der Waals surface area contributed by atoms with Crippen LogP contribution >= 0.6 is 0 Å². The van der Waals surface area contributed by atoms with Gasteiger partial charge in [-0.3, -0.25) is 4.79 Å². The number of aromatic nitrogens is 2. The summed E-state index contributed by atoms with van der Waals surface area (Å²) in [7, 11) is 4.75. The van der Waals surface area contributed by atoms with Crippen molar-refractivity contribution < 1.29 is 28.5 Å². The van der Waals surface area contributed by atoms with Gasteiger partial charge in [0, 0.05) is 61.2 Å². The molecule has 1 aromatic heterocycles. The van der Waals surface area contributed by atoms with Crippen LogP contribution in [0.4, 0.5) is 17.3 Å². The van der Waals surface area contributed by atoms with Gasteiger partial charge in [0.15, 0.2) is 0 Å². The topological polar surface area (TPSA) is 104 Å². The zero-order valence-corrected chi connectivity index (χ0v) is 24.0. The Morgan fingerprint density at radius 3 is 2.21 bits per heavy atom. The number of nitrogens with one attached hydrogen (secondary N) is 1. The van der Waals surface area contributed by atoms with Crippen LogP contribution in [0.5, 0.6) is 28.9 Å². The number of rotatable bonds is 12. The number of hydrogen-bond acceptors (Lipinski definition) is 10. The van der Waals surface area contributed by atoms with Gasteiger partial charge in [0.05, 0.1) is 34.5 Å². The van der Waals surface area contributed by atoms with Crippen molar-refractivity contribution in [2.24, 2.45) is 0 Å².